The molecule has 1 amide bonds. The Morgan fingerprint density at radius 3 is 2.41 bits per heavy atom. The molecule has 1 aromatic heterocycles. The summed E-state index contributed by atoms with van der Waals surface area (Å²) in [5.74, 6) is -0.740. The Labute approximate surface area is 136 Å². The predicted molar refractivity (Wildman–Crippen MR) is 86.5 cm³/mol. The van der Waals surface area contributed by atoms with Gasteiger partial charge in [-0.1, -0.05) is 15.9 Å². The van der Waals surface area contributed by atoms with Gasteiger partial charge in [-0.3, -0.25) is 9.78 Å². The molecule has 1 aromatic carbocycles. The molecule has 0 bridgehead atoms. The molecule has 1 saturated heterocycles. The Balaban J connectivity index is 1.67. The number of pyridine rings is 1. The second-order valence-corrected chi connectivity index (χ2v) is 6.02. The van der Waals surface area contributed by atoms with E-state index >= 15 is 0 Å². The minimum atomic E-state index is -0.490. The molecule has 0 aliphatic carbocycles. The van der Waals surface area contributed by atoms with Crippen LogP contribution in [0, 0.1) is 5.82 Å². The fraction of sp³-hybridized carbons (Fsp3) is 0.250. The normalized spacial score (nSPS) is 15.0. The number of amides is 1. The maximum Gasteiger partial charge on any atom is 0.256 e. The number of carbonyl (C=O) groups is 1. The first-order chi connectivity index (χ1) is 10.6. The molecule has 1 aliphatic rings. The second-order valence-electron chi connectivity index (χ2n) is 5.11. The Kier molecular flexibility index (Phi) is 4.38. The summed E-state index contributed by atoms with van der Waals surface area (Å²) in [6.07, 6.45) is 3.51. The lowest BCUT2D eigenvalue weighted by Crippen LogP contribution is -2.49. The van der Waals surface area contributed by atoms with Crippen LogP contribution in [-0.2, 0) is 0 Å². The molecule has 6 heteroatoms. The third-order valence-electron chi connectivity index (χ3n) is 3.76. The number of hydrogen-bond donors (Lipinski definition) is 0. The minimum absolute atomic E-state index is 0.126. The monoisotopic (exact) mass is 363 g/mol. The van der Waals surface area contributed by atoms with E-state index in [1.165, 1.54) is 12.1 Å². The Morgan fingerprint density at radius 1 is 1.09 bits per heavy atom. The first-order valence-corrected chi connectivity index (χ1v) is 7.84. The topological polar surface area (TPSA) is 36.4 Å². The van der Waals surface area contributed by atoms with Crippen LogP contribution >= 0.6 is 15.9 Å². The molecule has 22 heavy (non-hydrogen) atoms. The molecule has 1 aliphatic heterocycles. The van der Waals surface area contributed by atoms with Crippen LogP contribution in [0.3, 0.4) is 0 Å². The van der Waals surface area contributed by atoms with Crippen LogP contribution in [0.1, 0.15) is 10.4 Å². The first-order valence-electron chi connectivity index (χ1n) is 7.04. The molecule has 4 nitrogen and oxygen atoms in total. The smallest absolute Gasteiger partial charge is 0.256 e. The highest BCUT2D eigenvalue weighted by Crippen LogP contribution is 2.19. The molecule has 2 heterocycles. The number of carbonyl (C=O) groups excluding carboxylic acids is 1. The van der Waals surface area contributed by atoms with E-state index in [0.717, 1.165) is 18.8 Å². The summed E-state index contributed by atoms with van der Waals surface area (Å²) in [5.41, 5.74) is 1.22. The van der Waals surface area contributed by atoms with Crippen LogP contribution in [0.5, 0.6) is 0 Å². The average Bonchev–Trinajstić information content (AvgIpc) is 2.55. The van der Waals surface area contributed by atoms with Crippen LogP contribution < -0.4 is 4.90 Å². The van der Waals surface area contributed by atoms with Crippen molar-refractivity contribution in [1.82, 2.24) is 9.88 Å². The zero-order chi connectivity index (χ0) is 15.5. The molecular weight excluding hydrogens is 349 g/mol. The summed E-state index contributed by atoms with van der Waals surface area (Å²) in [6, 6.07) is 8.43. The zero-order valence-corrected chi connectivity index (χ0v) is 13.5. The van der Waals surface area contributed by atoms with Crippen molar-refractivity contribution >= 4 is 27.5 Å². The van der Waals surface area contributed by atoms with Crippen molar-refractivity contribution < 1.29 is 9.18 Å². The van der Waals surface area contributed by atoms with Gasteiger partial charge in [-0.2, -0.15) is 0 Å². The van der Waals surface area contributed by atoms with Crippen LogP contribution in [0.25, 0.3) is 0 Å². The summed E-state index contributed by atoms with van der Waals surface area (Å²) in [4.78, 5) is 20.3. The van der Waals surface area contributed by atoms with E-state index in [2.05, 4.69) is 25.8 Å². The lowest BCUT2D eigenvalue weighted by molar-refractivity contribution is 0.0742. The molecule has 0 spiro atoms. The van der Waals surface area contributed by atoms with E-state index < -0.39 is 5.82 Å². The lowest BCUT2D eigenvalue weighted by atomic mass is 10.1. The highest BCUT2D eigenvalue weighted by Gasteiger charge is 2.24. The second kappa shape index (κ2) is 6.44. The van der Waals surface area contributed by atoms with Crippen LogP contribution in [0.15, 0.2) is 47.2 Å². The number of halogens is 2. The summed E-state index contributed by atoms with van der Waals surface area (Å²) >= 11 is 3.20. The van der Waals surface area contributed by atoms with Crippen molar-refractivity contribution in [3.63, 3.8) is 0 Å². The van der Waals surface area contributed by atoms with Gasteiger partial charge in [0.25, 0.3) is 5.91 Å². The quantitative estimate of drug-likeness (QED) is 0.822. The highest BCUT2D eigenvalue weighted by atomic mass is 79.9. The van der Waals surface area contributed by atoms with Gasteiger partial charge in [0, 0.05) is 48.7 Å². The molecule has 2 aromatic rings. The van der Waals surface area contributed by atoms with Gasteiger partial charge in [0.1, 0.15) is 5.82 Å². The minimum Gasteiger partial charge on any atom is -0.368 e. The van der Waals surface area contributed by atoms with Crippen molar-refractivity contribution in [2.24, 2.45) is 0 Å². The lowest BCUT2D eigenvalue weighted by Gasteiger charge is -2.36. The van der Waals surface area contributed by atoms with Crippen molar-refractivity contribution in [2.45, 2.75) is 0 Å². The Bertz CT molecular complexity index is 672. The molecule has 0 atom stereocenters. The molecule has 0 saturated carbocycles. The maximum absolute atomic E-state index is 13.9. The van der Waals surface area contributed by atoms with Crippen molar-refractivity contribution in [3.05, 3.63) is 58.6 Å². The summed E-state index contributed by atoms with van der Waals surface area (Å²) < 4.78 is 14.5. The van der Waals surface area contributed by atoms with Gasteiger partial charge in [0.15, 0.2) is 0 Å². The van der Waals surface area contributed by atoms with Gasteiger partial charge in [-0.25, -0.2) is 4.39 Å². The fourth-order valence-electron chi connectivity index (χ4n) is 2.56. The van der Waals surface area contributed by atoms with E-state index in [4.69, 9.17) is 0 Å². The third-order valence-corrected chi connectivity index (χ3v) is 4.25. The SMILES string of the molecule is O=C(c1ccc(Br)cc1F)N1CCN(c2ccncc2)CC1. The van der Waals surface area contributed by atoms with E-state index in [-0.39, 0.29) is 11.5 Å². The maximum atomic E-state index is 13.9. The number of piperazine rings is 1. The van der Waals surface area contributed by atoms with Gasteiger partial charge in [-0.15, -0.1) is 0 Å². The van der Waals surface area contributed by atoms with Gasteiger partial charge < -0.3 is 9.80 Å². The number of hydrogen-bond acceptors (Lipinski definition) is 3. The molecule has 3 rings (SSSR count). The molecule has 114 valence electrons. The predicted octanol–water partition coefficient (Wildman–Crippen LogP) is 2.95. The number of rotatable bonds is 2. The Morgan fingerprint density at radius 2 is 1.77 bits per heavy atom. The van der Waals surface area contributed by atoms with Crippen molar-refractivity contribution in [2.75, 3.05) is 31.1 Å². The molecule has 1 fully saturated rings. The number of aromatic nitrogens is 1. The van der Waals surface area contributed by atoms with E-state index in [1.54, 1.807) is 23.4 Å². The van der Waals surface area contributed by atoms with Crippen LogP contribution in [0.2, 0.25) is 0 Å². The summed E-state index contributed by atoms with van der Waals surface area (Å²) in [5, 5.41) is 0. The molecule has 0 radical (unpaired) electrons. The number of benzene rings is 1. The van der Waals surface area contributed by atoms with Crippen molar-refractivity contribution in [3.8, 4) is 0 Å². The van der Waals surface area contributed by atoms with Gasteiger partial charge in [-0.05, 0) is 30.3 Å². The van der Waals surface area contributed by atoms with Crippen molar-refractivity contribution in [1.29, 1.82) is 0 Å². The average molecular weight is 364 g/mol. The van der Waals surface area contributed by atoms with Gasteiger partial charge in [0.2, 0.25) is 0 Å². The number of anilines is 1. The fourth-order valence-corrected chi connectivity index (χ4v) is 2.89. The summed E-state index contributed by atoms with van der Waals surface area (Å²) in [6.45, 7) is 2.62. The Hall–Kier alpha value is -1.95. The highest BCUT2D eigenvalue weighted by molar-refractivity contribution is 9.10. The van der Waals surface area contributed by atoms with Crippen LogP contribution in [0.4, 0.5) is 10.1 Å². The first kappa shape index (κ1) is 15.0. The van der Waals surface area contributed by atoms with E-state index in [0.29, 0.717) is 17.6 Å². The largest absolute Gasteiger partial charge is 0.368 e. The van der Waals surface area contributed by atoms with E-state index in [9.17, 15) is 9.18 Å². The molecule has 0 N–H and O–H groups in total. The zero-order valence-electron chi connectivity index (χ0n) is 11.9. The summed E-state index contributed by atoms with van der Waals surface area (Å²) in [7, 11) is 0. The van der Waals surface area contributed by atoms with Gasteiger partial charge >= 0.3 is 0 Å². The van der Waals surface area contributed by atoms with Crippen LogP contribution in [-0.4, -0.2) is 42.0 Å². The molecule has 0 unspecified atom stereocenters. The number of nitrogens with zero attached hydrogens (tertiary/aromatic N) is 3. The standard InChI is InChI=1S/C16H15BrFN3O/c17-12-1-2-14(15(18)11-12)16(22)21-9-7-20(8-10-21)13-3-5-19-6-4-13/h1-6,11H,7-10H2. The van der Waals surface area contributed by atoms with Gasteiger partial charge in [0.05, 0.1) is 5.56 Å². The third kappa shape index (κ3) is 3.11. The molecular formula is C16H15BrFN3O. The van der Waals surface area contributed by atoms with E-state index in [1.807, 2.05) is 12.1 Å².